The Morgan fingerprint density at radius 2 is 1.54 bits per heavy atom. The molecule has 3 rings (SSSR count). The van der Waals surface area contributed by atoms with Gasteiger partial charge in [0.25, 0.3) is 5.91 Å². The first-order chi connectivity index (χ1) is 13.6. The summed E-state index contributed by atoms with van der Waals surface area (Å²) in [5, 5.41) is 5.12. The Morgan fingerprint density at radius 3 is 2.18 bits per heavy atom. The van der Waals surface area contributed by atoms with Crippen molar-refractivity contribution in [3.63, 3.8) is 0 Å². The number of amides is 1. The first-order valence-corrected chi connectivity index (χ1v) is 9.19. The lowest BCUT2D eigenvalue weighted by Gasteiger charge is -2.10. The Kier molecular flexibility index (Phi) is 6.00. The van der Waals surface area contributed by atoms with Crippen molar-refractivity contribution in [1.82, 2.24) is 4.98 Å². The number of hydrogen-bond acceptors (Lipinski definition) is 7. The van der Waals surface area contributed by atoms with Gasteiger partial charge in [0.15, 0.2) is 5.13 Å². The fourth-order valence-electron chi connectivity index (χ4n) is 2.62. The minimum absolute atomic E-state index is 0.318. The highest BCUT2D eigenvalue weighted by molar-refractivity contribution is 7.14. The summed E-state index contributed by atoms with van der Waals surface area (Å²) in [6.07, 6.45) is 0. The van der Waals surface area contributed by atoms with Gasteiger partial charge in [-0.3, -0.25) is 10.1 Å². The van der Waals surface area contributed by atoms with Crippen LogP contribution in [0.25, 0.3) is 11.3 Å². The van der Waals surface area contributed by atoms with Crippen molar-refractivity contribution >= 4 is 22.4 Å². The summed E-state index contributed by atoms with van der Waals surface area (Å²) in [4.78, 5) is 17.1. The number of nitrogens with zero attached hydrogens (tertiary/aromatic N) is 1. The minimum Gasteiger partial charge on any atom is -0.497 e. The van der Waals surface area contributed by atoms with E-state index in [4.69, 9.17) is 18.9 Å². The normalized spacial score (nSPS) is 10.3. The standard InChI is InChI=1S/C20H20N2O5S/c1-24-12-5-7-14(17(9-12)26-3)16-11-28-20(21-16)22-19(23)15-8-6-13(25-2)10-18(15)27-4/h5-11H,1-4H3,(H,21,22,23). The van der Waals surface area contributed by atoms with E-state index in [-0.39, 0.29) is 5.91 Å². The average Bonchev–Trinajstić information content (AvgIpc) is 3.20. The number of carbonyl (C=O) groups excluding carboxylic acids is 1. The first-order valence-electron chi connectivity index (χ1n) is 8.31. The minimum atomic E-state index is -0.318. The van der Waals surface area contributed by atoms with E-state index in [1.54, 1.807) is 45.6 Å². The van der Waals surface area contributed by atoms with Gasteiger partial charge in [0.05, 0.1) is 39.7 Å². The third-order valence-electron chi connectivity index (χ3n) is 4.06. The predicted molar refractivity (Wildman–Crippen MR) is 108 cm³/mol. The van der Waals surface area contributed by atoms with Crippen LogP contribution >= 0.6 is 11.3 Å². The first kappa shape index (κ1) is 19.5. The molecule has 1 N–H and O–H groups in total. The van der Waals surface area contributed by atoms with Gasteiger partial charge < -0.3 is 18.9 Å². The Bertz CT molecular complexity index is 986. The quantitative estimate of drug-likeness (QED) is 0.643. The van der Waals surface area contributed by atoms with Crippen LogP contribution in [-0.4, -0.2) is 39.3 Å². The number of benzene rings is 2. The van der Waals surface area contributed by atoms with Crippen LogP contribution in [0.4, 0.5) is 5.13 Å². The van der Waals surface area contributed by atoms with Crippen LogP contribution in [0.15, 0.2) is 41.8 Å². The second kappa shape index (κ2) is 8.62. The highest BCUT2D eigenvalue weighted by atomic mass is 32.1. The summed E-state index contributed by atoms with van der Waals surface area (Å²) in [5.74, 6) is 2.04. The molecule has 0 aliphatic carbocycles. The number of hydrogen-bond donors (Lipinski definition) is 1. The number of aromatic nitrogens is 1. The third-order valence-corrected chi connectivity index (χ3v) is 4.82. The Morgan fingerprint density at radius 1 is 0.893 bits per heavy atom. The number of anilines is 1. The van der Waals surface area contributed by atoms with Crippen LogP contribution in [0.2, 0.25) is 0 Å². The molecule has 1 heterocycles. The fourth-order valence-corrected chi connectivity index (χ4v) is 3.32. The van der Waals surface area contributed by atoms with E-state index < -0.39 is 0 Å². The smallest absolute Gasteiger partial charge is 0.261 e. The molecule has 1 aromatic heterocycles. The molecule has 28 heavy (non-hydrogen) atoms. The van der Waals surface area contributed by atoms with Gasteiger partial charge in [-0.2, -0.15) is 0 Å². The molecule has 0 saturated carbocycles. The molecule has 0 bridgehead atoms. The summed E-state index contributed by atoms with van der Waals surface area (Å²) in [6.45, 7) is 0. The molecule has 8 heteroatoms. The largest absolute Gasteiger partial charge is 0.497 e. The second-order valence-electron chi connectivity index (χ2n) is 5.62. The van der Waals surface area contributed by atoms with E-state index in [2.05, 4.69) is 10.3 Å². The van der Waals surface area contributed by atoms with E-state index >= 15 is 0 Å². The molecule has 0 unspecified atom stereocenters. The molecule has 2 aromatic carbocycles. The summed E-state index contributed by atoms with van der Waals surface area (Å²) in [7, 11) is 6.24. The third kappa shape index (κ3) is 4.01. The highest BCUT2D eigenvalue weighted by Gasteiger charge is 2.16. The summed E-state index contributed by atoms with van der Waals surface area (Å²) in [5.41, 5.74) is 1.89. The van der Waals surface area contributed by atoms with Crippen LogP contribution in [0.3, 0.4) is 0 Å². The monoisotopic (exact) mass is 400 g/mol. The van der Waals surface area contributed by atoms with Crippen molar-refractivity contribution < 1.29 is 23.7 Å². The van der Waals surface area contributed by atoms with Crippen molar-refractivity contribution in [2.75, 3.05) is 33.8 Å². The van der Waals surface area contributed by atoms with Gasteiger partial charge in [0.2, 0.25) is 0 Å². The van der Waals surface area contributed by atoms with Crippen molar-refractivity contribution in [3.8, 4) is 34.3 Å². The van der Waals surface area contributed by atoms with E-state index in [0.717, 1.165) is 5.56 Å². The van der Waals surface area contributed by atoms with Crippen LogP contribution in [0, 0.1) is 0 Å². The summed E-state index contributed by atoms with van der Waals surface area (Å²) in [6, 6.07) is 10.5. The number of carbonyl (C=O) groups is 1. The zero-order valence-electron chi connectivity index (χ0n) is 15.9. The second-order valence-corrected chi connectivity index (χ2v) is 6.48. The van der Waals surface area contributed by atoms with Crippen LogP contribution in [-0.2, 0) is 0 Å². The topological polar surface area (TPSA) is 78.9 Å². The van der Waals surface area contributed by atoms with Gasteiger partial charge in [0.1, 0.15) is 23.0 Å². The van der Waals surface area contributed by atoms with Gasteiger partial charge >= 0.3 is 0 Å². The van der Waals surface area contributed by atoms with Crippen LogP contribution < -0.4 is 24.3 Å². The Balaban J connectivity index is 1.83. The van der Waals surface area contributed by atoms with E-state index in [1.807, 2.05) is 17.5 Å². The Labute approximate surface area is 166 Å². The average molecular weight is 400 g/mol. The van der Waals surface area contributed by atoms with Crippen molar-refractivity contribution in [2.24, 2.45) is 0 Å². The van der Waals surface area contributed by atoms with Gasteiger partial charge in [-0.25, -0.2) is 4.98 Å². The molecule has 146 valence electrons. The molecular weight excluding hydrogens is 380 g/mol. The van der Waals surface area contributed by atoms with E-state index in [0.29, 0.717) is 39.4 Å². The van der Waals surface area contributed by atoms with Crippen molar-refractivity contribution in [1.29, 1.82) is 0 Å². The molecule has 0 aliphatic rings. The lowest BCUT2D eigenvalue weighted by Crippen LogP contribution is -2.13. The van der Waals surface area contributed by atoms with Gasteiger partial charge in [-0.1, -0.05) is 0 Å². The molecule has 1 amide bonds. The van der Waals surface area contributed by atoms with E-state index in [9.17, 15) is 4.79 Å². The predicted octanol–water partition coefficient (Wildman–Crippen LogP) is 4.10. The summed E-state index contributed by atoms with van der Waals surface area (Å²) >= 11 is 1.32. The van der Waals surface area contributed by atoms with Crippen LogP contribution in [0.5, 0.6) is 23.0 Å². The SMILES string of the molecule is COc1ccc(C(=O)Nc2nc(-c3ccc(OC)cc3OC)cs2)c(OC)c1. The number of thiazole rings is 1. The maximum atomic E-state index is 12.6. The molecule has 0 aliphatic heterocycles. The number of rotatable bonds is 7. The van der Waals surface area contributed by atoms with Gasteiger partial charge in [-0.15, -0.1) is 11.3 Å². The zero-order chi connectivity index (χ0) is 20.1. The van der Waals surface area contributed by atoms with Gasteiger partial charge in [-0.05, 0) is 24.3 Å². The lowest BCUT2D eigenvalue weighted by molar-refractivity contribution is 0.102. The number of nitrogens with one attached hydrogen (secondary N) is 1. The molecule has 0 spiro atoms. The molecular formula is C20H20N2O5S. The molecule has 0 radical (unpaired) electrons. The maximum Gasteiger partial charge on any atom is 0.261 e. The number of ether oxygens (including phenoxy) is 4. The number of methoxy groups -OCH3 is 4. The molecule has 7 nitrogen and oxygen atoms in total. The lowest BCUT2D eigenvalue weighted by atomic mass is 10.1. The maximum absolute atomic E-state index is 12.6. The van der Waals surface area contributed by atoms with Gasteiger partial charge in [0, 0.05) is 23.1 Å². The molecule has 0 saturated heterocycles. The molecule has 3 aromatic rings. The molecule has 0 fully saturated rings. The van der Waals surface area contributed by atoms with Crippen LogP contribution in [0.1, 0.15) is 10.4 Å². The fraction of sp³-hybridized carbons (Fsp3) is 0.200. The van der Waals surface area contributed by atoms with E-state index in [1.165, 1.54) is 18.4 Å². The molecule has 0 atom stereocenters. The zero-order valence-corrected chi connectivity index (χ0v) is 16.8. The van der Waals surface area contributed by atoms with Crippen molar-refractivity contribution in [3.05, 3.63) is 47.3 Å². The highest BCUT2D eigenvalue weighted by Crippen LogP contribution is 2.35. The van der Waals surface area contributed by atoms with Crippen molar-refractivity contribution in [2.45, 2.75) is 0 Å². The summed E-state index contributed by atoms with van der Waals surface area (Å²) < 4.78 is 21.1. The Hall–Kier alpha value is -3.26.